The third kappa shape index (κ3) is 10.3. The maximum absolute atomic E-state index is 13.8. The van der Waals surface area contributed by atoms with Crippen LogP contribution in [0.25, 0.3) is 0 Å². The summed E-state index contributed by atoms with van der Waals surface area (Å²) in [7, 11) is 0. The van der Waals surface area contributed by atoms with Crippen LogP contribution in [0.4, 0.5) is 0 Å². The summed E-state index contributed by atoms with van der Waals surface area (Å²) in [5, 5.41) is 27.8. The molecular formula is C58H85ClN10O3S. The number of nitrogens with one attached hydrogen (secondary N) is 5. The monoisotopic (exact) mass is 1040 g/mol. The van der Waals surface area contributed by atoms with Crippen LogP contribution in [0.1, 0.15) is 136 Å². The minimum absolute atomic E-state index is 0.0434. The molecule has 0 spiro atoms. The molecule has 5 N–H and O–H groups in total. The molecule has 6 aliphatic heterocycles. The maximum Gasteiger partial charge on any atom is 0.225 e. The average molecular weight is 1040 g/mol. The van der Waals surface area contributed by atoms with Gasteiger partial charge in [-0.1, -0.05) is 103 Å². The molecular weight excluding hydrogens is 952 g/mol. The molecule has 73 heavy (non-hydrogen) atoms. The number of benzene rings is 2. The molecule has 6 heterocycles. The summed E-state index contributed by atoms with van der Waals surface area (Å²) in [5.41, 5.74) is 8.07. The van der Waals surface area contributed by atoms with Crippen molar-refractivity contribution in [1.82, 2.24) is 41.5 Å². The Morgan fingerprint density at radius 2 is 1.70 bits per heavy atom. The van der Waals surface area contributed by atoms with Gasteiger partial charge in [0.1, 0.15) is 30.4 Å². The van der Waals surface area contributed by atoms with Gasteiger partial charge in [0.05, 0.1) is 46.9 Å². The number of hydrogen-bond acceptors (Lipinski definition) is 13. The van der Waals surface area contributed by atoms with Gasteiger partial charge in [-0.05, 0) is 98.8 Å². The molecule has 398 valence electrons. The average Bonchev–Trinajstić information content (AvgIpc) is 3.99. The van der Waals surface area contributed by atoms with E-state index in [4.69, 9.17) is 26.1 Å². The lowest BCUT2D eigenvalue weighted by atomic mass is 9.49. The van der Waals surface area contributed by atoms with Gasteiger partial charge in [-0.2, -0.15) is 5.26 Å². The topological polar surface area (TPSA) is 142 Å². The van der Waals surface area contributed by atoms with E-state index in [0.29, 0.717) is 64.1 Å². The molecule has 5 saturated heterocycles. The standard InChI is InChI=1S/C58H85ClN10O3S/c1-34-35(2)73-53-49(34)50(64-47(29-48-61-22-24-71-48)51-66-69(36(3)68(51)53)44-14-10-8-9-11-15-44)39-18-16-37(17-19-39)25-38-26-42(27-38)41-13-12-23-67(33-41)56-62-31-43(32-63-56)52(70)65-54-57(4,5)55(58(54,6)7)72-45-21-20-40(30-60)46(59)28-45/h16-21,28,34-36,38,41-44,47-49,51,53-56,61-63,66H,8-15,22-27,29,31-33H2,1-7H3,(H,65,70)/t34?,35?,36?,38?,41-,42?,43?,47+,48?,49?,51?,53?,54?,55?,56?/m1/s1. The lowest BCUT2D eigenvalue weighted by Crippen LogP contribution is -2.75. The minimum atomic E-state index is -0.300. The van der Waals surface area contributed by atoms with Crippen LogP contribution in [0.5, 0.6) is 5.75 Å². The molecule has 9 aliphatic rings. The molecule has 9 atom stereocenters. The van der Waals surface area contributed by atoms with E-state index >= 15 is 0 Å². The Morgan fingerprint density at radius 1 is 0.959 bits per heavy atom. The van der Waals surface area contributed by atoms with Gasteiger partial charge in [0, 0.05) is 85.0 Å². The van der Waals surface area contributed by atoms with E-state index in [-0.39, 0.29) is 59.5 Å². The largest absolute Gasteiger partial charge is 0.489 e. The summed E-state index contributed by atoms with van der Waals surface area (Å²) in [4.78, 5) is 25.2. The minimum Gasteiger partial charge on any atom is -0.489 e. The number of carbonyl (C=O) groups is 1. The third-order valence-electron chi connectivity index (χ3n) is 19.6. The van der Waals surface area contributed by atoms with E-state index in [1.54, 1.807) is 18.2 Å². The zero-order valence-electron chi connectivity index (χ0n) is 44.8. The SMILES string of the molecule is CC1SC2C(C(c3ccc(CC4CC([C@@H]5CCCN(C6NCC(C(=O)NC7C(C)(C)C(Oc8ccc(C#N)c(Cl)c8)C7(C)C)CN6)C5)C4)cc3)=N[C@@H](CC3NCCO3)C3NN(C4CCCCCC4)C(C)N23)C1C. The Kier molecular flexibility index (Phi) is 15.4. The van der Waals surface area contributed by atoms with Crippen molar-refractivity contribution in [3.05, 3.63) is 64.2 Å². The molecule has 8 fully saturated rings. The Morgan fingerprint density at radius 3 is 2.38 bits per heavy atom. The molecule has 15 heteroatoms. The molecule has 0 radical (unpaired) electrons. The fourth-order valence-electron chi connectivity index (χ4n) is 15.7. The van der Waals surface area contributed by atoms with Crippen LogP contribution in [-0.4, -0.2) is 125 Å². The Bertz CT molecular complexity index is 2320. The van der Waals surface area contributed by atoms with E-state index in [9.17, 15) is 10.1 Å². The summed E-state index contributed by atoms with van der Waals surface area (Å²) in [6, 6.07) is 17.6. The highest BCUT2D eigenvalue weighted by atomic mass is 35.5. The molecule has 7 unspecified atom stereocenters. The van der Waals surface area contributed by atoms with E-state index in [2.05, 4.69) is 132 Å². The quantitative estimate of drug-likeness (QED) is 0.131. The highest BCUT2D eigenvalue weighted by Gasteiger charge is 2.64. The number of hydrazine groups is 1. The number of hydrogen-bond donors (Lipinski definition) is 5. The number of nitriles is 1. The predicted octanol–water partition coefficient (Wildman–Crippen LogP) is 8.32. The fraction of sp³-hybridized carbons (Fsp3) is 0.741. The second kappa shape index (κ2) is 21.5. The zero-order chi connectivity index (χ0) is 50.8. The lowest BCUT2D eigenvalue weighted by molar-refractivity contribution is -0.174. The second-order valence-corrected chi connectivity index (χ2v) is 27.0. The van der Waals surface area contributed by atoms with E-state index in [0.717, 1.165) is 56.8 Å². The number of aliphatic imine (C=N–C) groups is 1. The van der Waals surface area contributed by atoms with Crippen LogP contribution in [0.2, 0.25) is 5.02 Å². The first-order valence-electron chi connectivity index (χ1n) is 28.5. The Labute approximate surface area is 445 Å². The smallest absolute Gasteiger partial charge is 0.225 e. The van der Waals surface area contributed by atoms with Crippen molar-refractivity contribution >= 4 is 35.0 Å². The van der Waals surface area contributed by atoms with Crippen molar-refractivity contribution in [1.29, 1.82) is 5.26 Å². The van der Waals surface area contributed by atoms with Gasteiger partial charge in [0.15, 0.2) is 0 Å². The fourth-order valence-corrected chi connectivity index (χ4v) is 17.7. The zero-order valence-corrected chi connectivity index (χ0v) is 46.3. The second-order valence-electron chi connectivity index (χ2n) is 25.1. The van der Waals surface area contributed by atoms with Crippen molar-refractivity contribution in [2.75, 3.05) is 39.3 Å². The molecule has 2 aromatic carbocycles. The number of amides is 1. The molecule has 3 saturated carbocycles. The van der Waals surface area contributed by atoms with E-state index in [1.165, 1.54) is 81.0 Å². The summed E-state index contributed by atoms with van der Waals surface area (Å²) >= 11 is 8.51. The summed E-state index contributed by atoms with van der Waals surface area (Å²) in [5.74, 6) is 3.71. The van der Waals surface area contributed by atoms with Crippen molar-refractivity contribution in [2.45, 2.75) is 185 Å². The van der Waals surface area contributed by atoms with Crippen LogP contribution in [-0.2, 0) is 16.0 Å². The number of ether oxygens (including phenoxy) is 2. The van der Waals surface area contributed by atoms with Crippen molar-refractivity contribution in [3.8, 4) is 11.8 Å². The molecule has 11 rings (SSSR count). The Hall–Kier alpha value is -2.81. The molecule has 2 aromatic rings. The number of fused-ring (bicyclic) bond motifs is 3. The highest BCUT2D eigenvalue weighted by molar-refractivity contribution is 8.00. The highest BCUT2D eigenvalue weighted by Crippen LogP contribution is 2.56. The first-order chi connectivity index (χ1) is 35.2. The van der Waals surface area contributed by atoms with Crippen molar-refractivity contribution in [2.24, 2.45) is 51.3 Å². The molecule has 3 aliphatic carbocycles. The summed E-state index contributed by atoms with van der Waals surface area (Å²) < 4.78 is 12.7. The number of piperidine rings is 1. The molecule has 0 bridgehead atoms. The Balaban J connectivity index is 0.676. The summed E-state index contributed by atoms with van der Waals surface area (Å²) in [6.07, 6.45) is 15.6. The first kappa shape index (κ1) is 52.3. The van der Waals surface area contributed by atoms with E-state index in [1.807, 2.05) is 0 Å². The van der Waals surface area contributed by atoms with Crippen LogP contribution in [0.3, 0.4) is 0 Å². The van der Waals surface area contributed by atoms with Gasteiger partial charge in [-0.15, -0.1) is 11.8 Å². The van der Waals surface area contributed by atoms with Crippen molar-refractivity contribution in [3.63, 3.8) is 0 Å². The number of nitrogens with zero attached hydrogens (tertiary/aromatic N) is 5. The number of carbonyl (C=O) groups excluding carboxylic acids is 1. The maximum atomic E-state index is 13.8. The third-order valence-corrected chi connectivity index (χ3v) is 21.6. The van der Waals surface area contributed by atoms with Gasteiger partial charge in [-0.25, -0.2) is 10.4 Å². The van der Waals surface area contributed by atoms with Crippen LogP contribution < -0.4 is 31.4 Å². The van der Waals surface area contributed by atoms with Crippen LogP contribution in [0, 0.1) is 57.7 Å². The lowest BCUT2D eigenvalue weighted by Gasteiger charge is -2.63. The predicted molar refractivity (Wildman–Crippen MR) is 292 cm³/mol. The van der Waals surface area contributed by atoms with Crippen LogP contribution >= 0.6 is 23.4 Å². The first-order valence-corrected chi connectivity index (χ1v) is 29.9. The van der Waals surface area contributed by atoms with E-state index < -0.39 is 0 Å². The normalized spacial score (nSPS) is 38.9. The summed E-state index contributed by atoms with van der Waals surface area (Å²) in [6.45, 7) is 21.2. The molecule has 1 amide bonds. The molecule has 13 nitrogen and oxygen atoms in total. The molecule has 0 aromatic heterocycles. The van der Waals surface area contributed by atoms with Crippen LogP contribution in [0.15, 0.2) is 47.5 Å². The number of thioether (sulfide) groups is 1. The van der Waals surface area contributed by atoms with Gasteiger partial charge < -0.3 is 14.8 Å². The van der Waals surface area contributed by atoms with Gasteiger partial charge in [-0.3, -0.25) is 35.5 Å². The number of likely N-dealkylation sites (tertiary alicyclic amines) is 1. The van der Waals surface area contributed by atoms with Gasteiger partial charge in [0.2, 0.25) is 5.91 Å². The number of rotatable bonds is 12. The van der Waals surface area contributed by atoms with Gasteiger partial charge >= 0.3 is 0 Å². The number of halogens is 1. The van der Waals surface area contributed by atoms with Crippen molar-refractivity contribution < 1.29 is 14.3 Å². The van der Waals surface area contributed by atoms with Gasteiger partial charge in [0.25, 0.3) is 0 Å².